The summed E-state index contributed by atoms with van der Waals surface area (Å²) >= 11 is 0. The van der Waals surface area contributed by atoms with Crippen LogP contribution in [0.25, 0.3) is 5.69 Å². The number of hydrogen-bond donors (Lipinski definition) is 0. The molecule has 160 valence electrons. The predicted octanol–water partition coefficient (Wildman–Crippen LogP) is 3.30. The van der Waals surface area contributed by atoms with Gasteiger partial charge in [-0.05, 0) is 49.2 Å². The van der Waals surface area contributed by atoms with E-state index in [9.17, 15) is 14.0 Å². The van der Waals surface area contributed by atoms with E-state index < -0.39 is 12.0 Å². The van der Waals surface area contributed by atoms with Gasteiger partial charge in [0.05, 0.1) is 24.9 Å². The first-order valence-electron chi connectivity index (χ1n) is 10.1. The summed E-state index contributed by atoms with van der Waals surface area (Å²) in [7, 11) is 1.34. The third-order valence-electron chi connectivity index (χ3n) is 5.88. The van der Waals surface area contributed by atoms with E-state index in [0.29, 0.717) is 13.0 Å². The van der Waals surface area contributed by atoms with Crippen molar-refractivity contribution in [1.82, 2.24) is 14.7 Å². The highest BCUT2D eigenvalue weighted by molar-refractivity contribution is 5.87. The average molecular weight is 421 g/mol. The Kier molecular flexibility index (Phi) is 5.59. The van der Waals surface area contributed by atoms with E-state index in [4.69, 9.17) is 4.74 Å². The Balaban J connectivity index is 1.62. The molecule has 0 N–H and O–H groups in total. The molecule has 6 nitrogen and oxygen atoms in total. The van der Waals surface area contributed by atoms with Crippen LogP contribution in [0.15, 0.2) is 48.5 Å². The Bertz CT molecular complexity index is 1140. The number of hydrogen-bond acceptors (Lipinski definition) is 4. The molecular formula is C24H24FN3O3. The maximum absolute atomic E-state index is 13.3. The molecule has 31 heavy (non-hydrogen) atoms. The first-order chi connectivity index (χ1) is 14.9. The van der Waals surface area contributed by atoms with Gasteiger partial charge in [0.1, 0.15) is 11.9 Å². The van der Waals surface area contributed by atoms with Crippen LogP contribution < -0.4 is 0 Å². The number of ether oxygens (including phenoxy) is 1. The minimum Gasteiger partial charge on any atom is -0.467 e. The number of carbonyl (C=O) groups excluding carboxylic acids is 2. The molecular weight excluding hydrogens is 397 g/mol. The molecule has 0 saturated carbocycles. The predicted molar refractivity (Wildman–Crippen MR) is 113 cm³/mol. The molecule has 1 aliphatic rings. The van der Waals surface area contributed by atoms with E-state index >= 15 is 0 Å². The van der Waals surface area contributed by atoms with Crippen molar-refractivity contribution in [1.29, 1.82) is 0 Å². The molecule has 2 heterocycles. The molecule has 0 aliphatic carbocycles. The molecule has 2 aromatic carbocycles. The lowest BCUT2D eigenvalue weighted by molar-refractivity contribution is -0.153. The van der Waals surface area contributed by atoms with Crippen LogP contribution in [0.5, 0.6) is 0 Å². The number of halogens is 1. The number of carbonyl (C=O) groups is 2. The van der Waals surface area contributed by atoms with Crippen molar-refractivity contribution in [3.8, 4) is 5.69 Å². The standard InChI is InChI=1S/C24H24FN3O3/c1-15-21(16(2)28(26-15)20-10-8-19(25)9-11-20)13-23(29)27-14-18-7-5-4-6-17(18)12-22(27)24(30)31-3/h4-11,22H,12-14H2,1-3H3. The number of aromatic nitrogens is 2. The van der Waals surface area contributed by atoms with E-state index in [1.54, 1.807) is 21.7 Å². The number of aryl methyl sites for hydroxylation is 1. The lowest BCUT2D eigenvalue weighted by atomic mass is 9.93. The van der Waals surface area contributed by atoms with Gasteiger partial charge in [-0.2, -0.15) is 5.10 Å². The fraction of sp³-hybridized carbons (Fsp3) is 0.292. The average Bonchev–Trinajstić information content (AvgIpc) is 3.06. The van der Waals surface area contributed by atoms with Crippen LogP contribution in [0.2, 0.25) is 0 Å². The second kappa shape index (κ2) is 8.34. The zero-order chi connectivity index (χ0) is 22.1. The van der Waals surface area contributed by atoms with Gasteiger partial charge in [0.25, 0.3) is 0 Å². The minimum absolute atomic E-state index is 0.120. The first kappa shape index (κ1) is 20.8. The van der Waals surface area contributed by atoms with Crippen LogP contribution in [-0.4, -0.2) is 39.7 Å². The van der Waals surface area contributed by atoms with E-state index in [0.717, 1.165) is 33.8 Å². The van der Waals surface area contributed by atoms with Gasteiger partial charge in [-0.15, -0.1) is 0 Å². The number of fused-ring (bicyclic) bond motifs is 1. The van der Waals surface area contributed by atoms with E-state index in [2.05, 4.69) is 5.10 Å². The Morgan fingerprint density at radius 3 is 2.45 bits per heavy atom. The van der Waals surface area contributed by atoms with Gasteiger partial charge < -0.3 is 9.64 Å². The largest absolute Gasteiger partial charge is 0.467 e. The van der Waals surface area contributed by atoms with Crippen molar-refractivity contribution >= 4 is 11.9 Å². The molecule has 7 heteroatoms. The number of methoxy groups -OCH3 is 1. The summed E-state index contributed by atoms with van der Waals surface area (Å²) in [5.41, 5.74) is 5.15. The zero-order valence-electron chi connectivity index (χ0n) is 17.8. The van der Waals surface area contributed by atoms with Crippen molar-refractivity contribution in [3.05, 3.63) is 82.4 Å². The van der Waals surface area contributed by atoms with E-state index in [1.807, 2.05) is 38.1 Å². The van der Waals surface area contributed by atoms with Crippen molar-refractivity contribution in [2.45, 2.75) is 39.3 Å². The summed E-state index contributed by atoms with van der Waals surface area (Å²) in [6.45, 7) is 4.09. The Hall–Kier alpha value is -3.48. The van der Waals surface area contributed by atoms with Crippen molar-refractivity contribution in [3.63, 3.8) is 0 Å². The van der Waals surface area contributed by atoms with Crippen LogP contribution in [-0.2, 0) is 33.7 Å². The summed E-state index contributed by atoms with van der Waals surface area (Å²) in [5.74, 6) is -0.895. The molecule has 1 amide bonds. The van der Waals surface area contributed by atoms with Crippen molar-refractivity contribution in [2.75, 3.05) is 7.11 Å². The third-order valence-corrected chi connectivity index (χ3v) is 5.88. The number of esters is 1. The van der Waals surface area contributed by atoms with Crippen LogP contribution in [0.3, 0.4) is 0 Å². The van der Waals surface area contributed by atoms with Crippen molar-refractivity contribution < 1.29 is 18.7 Å². The molecule has 0 spiro atoms. The smallest absolute Gasteiger partial charge is 0.328 e. The lowest BCUT2D eigenvalue weighted by Gasteiger charge is -2.35. The second-order valence-electron chi connectivity index (χ2n) is 7.75. The summed E-state index contributed by atoms with van der Waals surface area (Å²) in [6, 6.07) is 13.2. The molecule has 4 rings (SSSR count). The molecule has 0 radical (unpaired) electrons. The molecule has 1 aliphatic heterocycles. The number of amides is 1. The molecule has 1 aromatic heterocycles. The highest BCUT2D eigenvalue weighted by atomic mass is 19.1. The van der Waals surface area contributed by atoms with Gasteiger partial charge in [0.2, 0.25) is 5.91 Å². The second-order valence-corrected chi connectivity index (χ2v) is 7.75. The Morgan fingerprint density at radius 1 is 1.10 bits per heavy atom. The summed E-state index contributed by atoms with van der Waals surface area (Å²) in [4.78, 5) is 27.4. The monoisotopic (exact) mass is 421 g/mol. The summed E-state index contributed by atoms with van der Waals surface area (Å²) < 4.78 is 20.0. The van der Waals surface area contributed by atoms with Gasteiger partial charge in [0, 0.05) is 24.2 Å². The molecule has 3 aromatic rings. The molecule has 0 saturated heterocycles. The molecule has 1 unspecified atom stereocenters. The van der Waals surface area contributed by atoms with Gasteiger partial charge in [-0.1, -0.05) is 24.3 Å². The maximum Gasteiger partial charge on any atom is 0.328 e. The molecule has 1 atom stereocenters. The number of benzene rings is 2. The zero-order valence-corrected chi connectivity index (χ0v) is 17.8. The molecule has 0 bridgehead atoms. The minimum atomic E-state index is -0.653. The first-order valence-corrected chi connectivity index (χ1v) is 10.1. The maximum atomic E-state index is 13.3. The number of rotatable bonds is 4. The van der Waals surface area contributed by atoms with E-state index in [1.165, 1.54) is 19.2 Å². The highest BCUT2D eigenvalue weighted by Gasteiger charge is 2.35. The van der Waals surface area contributed by atoms with E-state index in [-0.39, 0.29) is 18.1 Å². The van der Waals surface area contributed by atoms with Gasteiger partial charge >= 0.3 is 5.97 Å². The Morgan fingerprint density at radius 2 is 1.77 bits per heavy atom. The quantitative estimate of drug-likeness (QED) is 0.607. The van der Waals surface area contributed by atoms with Gasteiger partial charge in [0.15, 0.2) is 0 Å². The highest BCUT2D eigenvalue weighted by Crippen LogP contribution is 2.26. The topological polar surface area (TPSA) is 64.4 Å². The Labute approximate surface area is 180 Å². The third kappa shape index (κ3) is 3.95. The van der Waals surface area contributed by atoms with Crippen molar-refractivity contribution in [2.24, 2.45) is 0 Å². The normalized spacial score (nSPS) is 15.5. The van der Waals surface area contributed by atoms with Crippen LogP contribution in [0, 0.1) is 19.7 Å². The van der Waals surface area contributed by atoms with Crippen LogP contribution in [0.1, 0.15) is 28.1 Å². The van der Waals surface area contributed by atoms with Crippen LogP contribution >= 0.6 is 0 Å². The van der Waals surface area contributed by atoms with Gasteiger partial charge in [-0.3, -0.25) is 4.79 Å². The summed E-state index contributed by atoms with van der Waals surface area (Å²) in [5, 5.41) is 4.55. The fourth-order valence-electron chi connectivity index (χ4n) is 4.15. The fourth-order valence-corrected chi connectivity index (χ4v) is 4.15. The van der Waals surface area contributed by atoms with Gasteiger partial charge in [-0.25, -0.2) is 13.9 Å². The SMILES string of the molecule is COC(=O)C1Cc2ccccc2CN1C(=O)Cc1c(C)nn(-c2ccc(F)cc2)c1C. The molecule has 0 fully saturated rings. The summed E-state index contributed by atoms with van der Waals surface area (Å²) in [6.07, 6.45) is 0.552. The number of nitrogens with zero attached hydrogens (tertiary/aromatic N) is 3. The lowest BCUT2D eigenvalue weighted by Crippen LogP contribution is -2.49. The van der Waals surface area contributed by atoms with Crippen LogP contribution in [0.4, 0.5) is 4.39 Å².